The van der Waals surface area contributed by atoms with E-state index < -0.39 is 34.1 Å². The van der Waals surface area contributed by atoms with Gasteiger partial charge in [0.15, 0.2) is 17.8 Å². The Kier molecular flexibility index (Phi) is 18.7. The van der Waals surface area contributed by atoms with Crippen LogP contribution >= 0.6 is 35.6 Å². The highest BCUT2D eigenvalue weighted by atomic mass is 35.5. The number of anilines is 2. The number of methoxy groups -OCH3 is 2. The number of halogens is 3. The number of fused-ring (bicyclic) bond motifs is 1. The summed E-state index contributed by atoms with van der Waals surface area (Å²) in [7, 11) is 1.48. The van der Waals surface area contributed by atoms with Crippen molar-refractivity contribution in [3.8, 4) is 0 Å². The molecule has 7 rings (SSSR count). The third kappa shape index (κ3) is 13.2. The van der Waals surface area contributed by atoms with Crippen LogP contribution in [0.5, 0.6) is 0 Å². The predicted molar refractivity (Wildman–Crippen MR) is 266 cm³/mol. The number of benzene rings is 2. The average molecular weight is 1020 g/mol. The number of rotatable bonds is 14. The number of nitrogens with one attached hydrogen (secondary N) is 3. The fraction of sp³-hybridized carbons (Fsp3) is 0.489. The highest BCUT2D eigenvalue weighted by molar-refractivity contribution is 7.87. The number of aromatic amines is 1. The van der Waals surface area contributed by atoms with Gasteiger partial charge in [0, 0.05) is 113 Å². The van der Waals surface area contributed by atoms with E-state index in [2.05, 4.69) is 30.7 Å². The Morgan fingerprint density at radius 2 is 1.53 bits per heavy atom. The van der Waals surface area contributed by atoms with E-state index in [4.69, 9.17) is 43.1 Å². The summed E-state index contributed by atoms with van der Waals surface area (Å²) in [5.41, 5.74) is 8.73. The molecule has 0 spiro atoms. The normalized spacial score (nSPS) is 16.6. The Labute approximate surface area is 413 Å². The lowest BCUT2D eigenvalue weighted by molar-refractivity contribution is -0.0974. The summed E-state index contributed by atoms with van der Waals surface area (Å²) >= 11 is 12.8. The van der Waals surface area contributed by atoms with Gasteiger partial charge in [0.05, 0.1) is 6.54 Å². The quantitative estimate of drug-likeness (QED) is 0.105. The van der Waals surface area contributed by atoms with Gasteiger partial charge in [0.25, 0.3) is 11.5 Å². The van der Waals surface area contributed by atoms with Crippen molar-refractivity contribution in [2.75, 3.05) is 70.8 Å². The van der Waals surface area contributed by atoms with Gasteiger partial charge in [0.2, 0.25) is 0 Å². The summed E-state index contributed by atoms with van der Waals surface area (Å²) in [5.74, 6) is 0.441. The summed E-state index contributed by atoms with van der Waals surface area (Å²) in [6.45, 7) is 7.71. The van der Waals surface area contributed by atoms with Crippen molar-refractivity contribution >= 4 is 75.0 Å². The summed E-state index contributed by atoms with van der Waals surface area (Å²) in [5, 5.41) is 15.8. The molecule has 5 aromatic rings. The molecule has 0 bridgehead atoms. The van der Waals surface area contributed by atoms with Crippen molar-refractivity contribution in [3.63, 3.8) is 0 Å². The Hall–Kier alpha value is -4.93. The minimum absolute atomic E-state index is 0. The van der Waals surface area contributed by atoms with E-state index >= 15 is 0 Å². The Balaban J connectivity index is 0.000000281. The smallest absolute Gasteiger partial charge is 0.407 e. The SMILES string of the molecule is COC(CNC(=O)c1nn(S(=O)(=O)N(C)C)c(N2CCC[C@@H](NC(=O)OC(C)(C)C)C2)c1Cc1ccccc1Cl)OC.Cl.N[C@@H]1CCCN(c2nn3cc[nH]c(=O)c3c2Cc2ccccc2Cl)C1. The van der Waals surface area contributed by atoms with Crippen molar-refractivity contribution in [1.29, 1.82) is 0 Å². The standard InChI is InChI=1S/C27H41ClN6O7S.C18H20ClN5O.ClH/c1-27(2,3)41-26(36)30-19-12-10-14-33(17-19)25-20(15-18-11-8-9-13-21(18)28)23(24(35)29-16-22(39-6)40-7)31-34(25)42(37,38)32(4)5;19-15-6-2-1-4-12(15)10-14-16-18(25)21-7-9-24(16)22-17(14)23-8-3-5-13(20)11-23;/h8-9,11,13,19,22H,10,12,14-17H2,1-7H3,(H,29,35)(H,30,36);1-2,4,6-7,9,13H,3,5,8,10-11,20H2,(H,21,25);1H/t19-;13-;/m11./s1. The highest BCUT2D eigenvalue weighted by Crippen LogP contribution is 2.34. The van der Waals surface area contributed by atoms with Crippen LogP contribution < -0.4 is 31.7 Å². The maximum atomic E-state index is 13.6. The van der Waals surface area contributed by atoms with Gasteiger partial charge < -0.3 is 45.4 Å². The van der Waals surface area contributed by atoms with Crippen molar-refractivity contribution in [2.24, 2.45) is 5.73 Å². The molecule has 2 aliphatic rings. The number of piperidine rings is 2. The van der Waals surface area contributed by atoms with Gasteiger partial charge in [-0.3, -0.25) is 9.59 Å². The molecule has 2 saturated heterocycles. The number of nitrogens with zero attached hydrogens (tertiary/aromatic N) is 7. The maximum absolute atomic E-state index is 13.6. The Bertz CT molecular complexity index is 2680. The lowest BCUT2D eigenvalue weighted by Crippen LogP contribution is -2.50. The fourth-order valence-electron chi connectivity index (χ4n) is 8.02. The molecule has 0 saturated carbocycles. The Morgan fingerprint density at radius 1 is 0.926 bits per heavy atom. The minimum atomic E-state index is -4.18. The number of amides is 2. The van der Waals surface area contributed by atoms with Gasteiger partial charge >= 0.3 is 16.3 Å². The summed E-state index contributed by atoms with van der Waals surface area (Å²) in [6.07, 6.45) is 6.11. The van der Waals surface area contributed by atoms with Crippen LogP contribution in [0, 0.1) is 0 Å². The lowest BCUT2D eigenvalue weighted by Gasteiger charge is -2.35. The second kappa shape index (κ2) is 23.6. The van der Waals surface area contributed by atoms with Crippen molar-refractivity contribution in [3.05, 3.63) is 109 Å². The van der Waals surface area contributed by atoms with Crippen LogP contribution in [-0.2, 0) is 37.3 Å². The molecule has 2 aliphatic heterocycles. The number of hydrogen-bond donors (Lipinski definition) is 4. The number of carbonyl (C=O) groups is 2. The van der Waals surface area contributed by atoms with Gasteiger partial charge in [-0.25, -0.2) is 9.31 Å². The first kappa shape index (κ1) is 54.0. The number of H-pyrrole nitrogens is 1. The van der Waals surface area contributed by atoms with Crippen LogP contribution in [-0.4, -0.2) is 134 Å². The zero-order chi connectivity index (χ0) is 48.6. The first-order valence-electron chi connectivity index (χ1n) is 22.0. The second-order valence-electron chi connectivity index (χ2n) is 17.6. The number of alkyl carbamates (subject to hydrolysis) is 1. The zero-order valence-corrected chi connectivity index (χ0v) is 42.5. The van der Waals surface area contributed by atoms with E-state index in [0.29, 0.717) is 52.5 Å². The van der Waals surface area contributed by atoms with Crippen LogP contribution in [0.25, 0.3) is 5.52 Å². The molecule has 2 amide bonds. The van der Waals surface area contributed by atoms with Crippen LogP contribution in [0.4, 0.5) is 16.4 Å². The first-order chi connectivity index (χ1) is 31.8. The molecular weight excluding hydrogens is 961 g/mol. The first-order valence-corrected chi connectivity index (χ1v) is 24.2. The van der Waals surface area contributed by atoms with Crippen LogP contribution in [0.2, 0.25) is 10.0 Å². The van der Waals surface area contributed by atoms with Gasteiger partial charge in [-0.1, -0.05) is 59.6 Å². The molecule has 2 aromatic carbocycles. The molecule has 5 heterocycles. The molecule has 2 fully saturated rings. The molecule has 372 valence electrons. The Morgan fingerprint density at radius 3 is 2.12 bits per heavy atom. The van der Waals surface area contributed by atoms with Crippen LogP contribution in [0.1, 0.15) is 79.2 Å². The molecule has 19 nitrogen and oxygen atoms in total. The zero-order valence-electron chi connectivity index (χ0n) is 39.3. The highest BCUT2D eigenvalue weighted by Gasteiger charge is 2.36. The number of carbonyl (C=O) groups excluding carboxylic acids is 2. The fourth-order valence-corrected chi connectivity index (χ4v) is 9.36. The third-order valence-corrected chi connectivity index (χ3v) is 13.6. The van der Waals surface area contributed by atoms with Gasteiger partial charge in [-0.05, 0) is 69.7 Å². The third-order valence-electron chi connectivity index (χ3n) is 11.3. The summed E-state index contributed by atoms with van der Waals surface area (Å²) in [6, 6.07) is 14.6. The molecular formula is C45H62Cl3N11O8S. The largest absolute Gasteiger partial charge is 0.444 e. The number of nitrogens with two attached hydrogens (primary N) is 1. The maximum Gasteiger partial charge on any atom is 0.407 e. The molecule has 23 heteroatoms. The average Bonchev–Trinajstić information content (AvgIpc) is 3.85. The van der Waals surface area contributed by atoms with Gasteiger partial charge in [0.1, 0.15) is 16.9 Å². The monoisotopic (exact) mass is 1020 g/mol. The van der Waals surface area contributed by atoms with E-state index in [1.807, 2.05) is 35.2 Å². The van der Waals surface area contributed by atoms with E-state index in [0.717, 1.165) is 51.3 Å². The summed E-state index contributed by atoms with van der Waals surface area (Å²) < 4.78 is 46.5. The molecule has 0 radical (unpaired) electrons. The lowest BCUT2D eigenvalue weighted by atomic mass is 10.0. The number of aromatic nitrogens is 5. The minimum Gasteiger partial charge on any atom is -0.444 e. The van der Waals surface area contributed by atoms with Gasteiger partial charge in [-0.15, -0.1) is 26.7 Å². The molecule has 68 heavy (non-hydrogen) atoms. The molecule has 5 N–H and O–H groups in total. The molecule has 0 unspecified atom stereocenters. The van der Waals surface area contributed by atoms with Crippen molar-refractivity contribution in [2.45, 2.75) is 83.3 Å². The number of hydrogen-bond acceptors (Lipinski definition) is 13. The van der Waals surface area contributed by atoms with Crippen molar-refractivity contribution in [1.82, 2.24) is 38.7 Å². The molecule has 2 atom stereocenters. The predicted octanol–water partition coefficient (Wildman–Crippen LogP) is 5.24. The van der Waals surface area contributed by atoms with Crippen LogP contribution in [0.15, 0.2) is 65.7 Å². The van der Waals surface area contributed by atoms with Crippen molar-refractivity contribution < 1.29 is 32.2 Å². The molecule has 0 aliphatic carbocycles. The van der Waals surface area contributed by atoms with E-state index in [1.165, 1.54) is 28.3 Å². The molecule has 3 aromatic heterocycles. The van der Waals surface area contributed by atoms with Crippen LogP contribution in [0.3, 0.4) is 0 Å². The second-order valence-corrected chi connectivity index (χ2v) is 20.4. The van der Waals surface area contributed by atoms with Gasteiger partial charge in [-0.2, -0.15) is 12.7 Å². The van der Waals surface area contributed by atoms with E-state index in [-0.39, 0.29) is 61.1 Å². The van der Waals surface area contributed by atoms with E-state index in [9.17, 15) is 22.8 Å². The van der Waals surface area contributed by atoms with E-state index in [1.54, 1.807) is 55.9 Å². The topological polar surface area (TPSA) is 224 Å². The summed E-state index contributed by atoms with van der Waals surface area (Å²) in [4.78, 5) is 45.3. The number of ether oxygens (including phenoxy) is 3.